The highest BCUT2D eigenvalue weighted by molar-refractivity contribution is 5.98. The molecule has 2 aromatic rings. The van der Waals surface area contributed by atoms with Gasteiger partial charge in [-0.3, -0.25) is 10.5 Å². The highest BCUT2D eigenvalue weighted by atomic mass is 16.5. The lowest BCUT2D eigenvalue weighted by Gasteiger charge is -2.25. The van der Waals surface area contributed by atoms with Gasteiger partial charge in [0.25, 0.3) is 5.91 Å². The van der Waals surface area contributed by atoms with E-state index in [1.54, 1.807) is 36.4 Å². The third-order valence-electron chi connectivity index (χ3n) is 3.19. The van der Waals surface area contributed by atoms with E-state index in [1.165, 1.54) is 24.3 Å². The van der Waals surface area contributed by atoms with Gasteiger partial charge in [0.1, 0.15) is 6.61 Å². The molecule has 0 aromatic heterocycles. The minimum absolute atomic E-state index is 0.239. The van der Waals surface area contributed by atoms with Crippen molar-refractivity contribution >= 4 is 17.8 Å². The van der Waals surface area contributed by atoms with Crippen LogP contribution < -0.4 is 11.1 Å². The Bertz CT molecular complexity index is 733. The van der Waals surface area contributed by atoms with Crippen molar-refractivity contribution in [2.75, 3.05) is 6.61 Å². The lowest BCUT2D eigenvalue weighted by molar-refractivity contribution is -0.146. The molecule has 7 nitrogen and oxygen atoms in total. The molecular formula is C17H16N2O5. The van der Waals surface area contributed by atoms with Crippen molar-refractivity contribution < 1.29 is 24.2 Å². The Kier molecular flexibility index (Phi) is 5.28. The van der Waals surface area contributed by atoms with E-state index in [1.807, 2.05) is 0 Å². The molecule has 0 aliphatic rings. The van der Waals surface area contributed by atoms with Crippen LogP contribution in [0.2, 0.25) is 0 Å². The van der Waals surface area contributed by atoms with E-state index in [4.69, 9.17) is 10.5 Å². The SMILES string of the molecule is NC(COC(=O)c1ccccc1)(NC(=O)c1ccccc1)C(=O)O. The smallest absolute Gasteiger partial charge is 0.348 e. The summed E-state index contributed by atoms with van der Waals surface area (Å²) in [6.45, 7) is -0.714. The lowest BCUT2D eigenvalue weighted by atomic mass is 10.1. The molecule has 4 N–H and O–H groups in total. The number of aliphatic carboxylic acids is 1. The van der Waals surface area contributed by atoms with Crippen molar-refractivity contribution in [1.29, 1.82) is 0 Å². The molecule has 124 valence electrons. The number of carbonyl (C=O) groups excluding carboxylic acids is 2. The molecule has 2 rings (SSSR count). The predicted octanol–water partition coefficient (Wildman–Crippen LogP) is 1.01. The molecule has 0 saturated heterocycles. The van der Waals surface area contributed by atoms with Crippen LogP contribution in [0.15, 0.2) is 60.7 Å². The van der Waals surface area contributed by atoms with Crippen molar-refractivity contribution in [2.24, 2.45) is 5.73 Å². The van der Waals surface area contributed by atoms with E-state index in [9.17, 15) is 19.5 Å². The van der Waals surface area contributed by atoms with Crippen LogP contribution in [-0.2, 0) is 9.53 Å². The molecule has 24 heavy (non-hydrogen) atoms. The molecule has 0 aliphatic heterocycles. The van der Waals surface area contributed by atoms with E-state index >= 15 is 0 Å². The summed E-state index contributed by atoms with van der Waals surface area (Å²) in [5, 5.41) is 11.5. The molecule has 0 bridgehead atoms. The fourth-order valence-electron chi connectivity index (χ4n) is 1.85. The molecule has 0 fully saturated rings. The summed E-state index contributed by atoms with van der Waals surface area (Å²) in [5.41, 5.74) is 3.95. The first-order chi connectivity index (χ1) is 11.4. The zero-order chi connectivity index (χ0) is 17.6. The number of esters is 1. The van der Waals surface area contributed by atoms with Gasteiger partial charge in [0, 0.05) is 5.56 Å². The Morgan fingerprint density at radius 1 is 0.958 bits per heavy atom. The maximum absolute atomic E-state index is 12.1. The normalized spacial score (nSPS) is 12.7. The Hall–Kier alpha value is -3.19. The fourth-order valence-corrected chi connectivity index (χ4v) is 1.85. The zero-order valence-corrected chi connectivity index (χ0v) is 12.6. The largest absolute Gasteiger partial charge is 0.478 e. The topological polar surface area (TPSA) is 119 Å². The first-order valence-corrected chi connectivity index (χ1v) is 7.04. The Balaban J connectivity index is 2.06. The third kappa shape index (κ3) is 4.17. The van der Waals surface area contributed by atoms with Gasteiger partial charge in [-0.15, -0.1) is 0 Å². The van der Waals surface area contributed by atoms with Gasteiger partial charge in [0.15, 0.2) is 0 Å². The summed E-state index contributed by atoms with van der Waals surface area (Å²) in [7, 11) is 0. The summed E-state index contributed by atoms with van der Waals surface area (Å²) in [6.07, 6.45) is 0. The lowest BCUT2D eigenvalue weighted by Crippen LogP contribution is -2.64. The van der Waals surface area contributed by atoms with Crippen molar-refractivity contribution in [3.05, 3.63) is 71.8 Å². The first kappa shape index (κ1) is 17.2. The molecule has 1 amide bonds. The first-order valence-electron chi connectivity index (χ1n) is 7.04. The minimum Gasteiger partial charge on any atom is -0.478 e. The molecule has 7 heteroatoms. The minimum atomic E-state index is -2.24. The number of carboxylic acids is 1. The van der Waals surface area contributed by atoms with Crippen molar-refractivity contribution in [2.45, 2.75) is 5.66 Å². The monoisotopic (exact) mass is 328 g/mol. The molecule has 1 unspecified atom stereocenters. The van der Waals surface area contributed by atoms with Gasteiger partial charge < -0.3 is 15.2 Å². The summed E-state index contributed by atoms with van der Waals surface area (Å²) < 4.78 is 4.93. The summed E-state index contributed by atoms with van der Waals surface area (Å²) in [6, 6.07) is 16.0. The second-order valence-corrected chi connectivity index (χ2v) is 5.04. The summed E-state index contributed by atoms with van der Waals surface area (Å²) in [4.78, 5) is 35.4. The molecule has 0 heterocycles. The molecule has 1 atom stereocenters. The molecule has 0 radical (unpaired) electrons. The summed E-state index contributed by atoms with van der Waals surface area (Å²) in [5.74, 6) is -2.94. The van der Waals surface area contributed by atoms with E-state index in [2.05, 4.69) is 5.32 Å². The average molecular weight is 328 g/mol. The molecule has 0 spiro atoms. The van der Waals surface area contributed by atoms with E-state index in [0.29, 0.717) is 0 Å². The Morgan fingerprint density at radius 2 is 1.46 bits per heavy atom. The van der Waals surface area contributed by atoms with Gasteiger partial charge >= 0.3 is 11.9 Å². The van der Waals surface area contributed by atoms with Crippen LogP contribution in [0.5, 0.6) is 0 Å². The van der Waals surface area contributed by atoms with Crippen molar-refractivity contribution in [3.8, 4) is 0 Å². The van der Waals surface area contributed by atoms with Gasteiger partial charge in [-0.25, -0.2) is 9.59 Å². The quantitative estimate of drug-likeness (QED) is 0.538. The predicted molar refractivity (Wildman–Crippen MR) is 85.2 cm³/mol. The number of hydrogen-bond acceptors (Lipinski definition) is 5. The number of amides is 1. The standard InChI is InChI=1S/C17H16N2O5/c18-17(16(22)23,19-14(20)12-7-3-1-4-8-12)11-24-15(21)13-9-5-2-6-10-13/h1-10H,11,18H2,(H,19,20)(H,22,23). The van der Waals surface area contributed by atoms with E-state index in [-0.39, 0.29) is 11.1 Å². The fraction of sp³-hybridized carbons (Fsp3) is 0.118. The van der Waals surface area contributed by atoms with Crippen molar-refractivity contribution in [3.63, 3.8) is 0 Å². The van der Waals surface area contributed by atoms with E-state index < -0.39 is 30.1 Å². The van der Waals surface area contributed by atoms with Crippen LogP contribution >= 0.6 is 0 Å². The number of benzene rings is 2. The number of carboxylic acid groups (broad SMARTS) is 1. The van der Waals surface area contributed by atoms with Gasteiger partial charge in [0.05, 0.1) is 5.56 Å². The van der Waals surface area contributed by atoms with Crippen LogP contribution in [0.1, 0.15) is 20.7 Å². The molecular weight excluding hydrogens is 312 g/mol. The number of nitrogens with one attached hydrogen (secondary N) is 1. The molecule has 0 saturated carbocycles. The van der Waals surface area contributed by atoms with Crippen LogP contribution in [0.4, 0.5) is 0 Å². The maximum Gasteiger partial charge on any atom is 0.348 e. The van der Waals surface area contributed by atoms with Crippen LogP contribution in [-0.4, -0.2) is 35.2 Å². The second-order valence-electron chi connectivity index (χ2n) is 5.04. The molecule has 2 aromatic carbocycles. The maximum atomic E-state index is 12.1. The van der Waals surface area contributed by atoms with E-state index in [0.717, 1.165) is 0 Å². The highest BCUT2D eigenvalue weighted by Crippen LogP contribution is 2.07. The number of nitrogens with two attached hydrogens (primary N) is 1. The zero-order valence-electron chi connectivity index (χ0n) is 12.6. The number of hydrogen-bond donors (Lipinski definition) is 3. The van der Waals surface area contributed by atoms with Gasteiger partial charge in [-0.2, -0.15) is 0 Å². The second kappa shape index (κ2) is 7.38. The third-order valence-corrected chi connectivity index (χ3v) is 3.19. The van der Waals surface area contributed by atoms with Gasteiger partial charge in [-0.1, -0.05) is 36.4 Å². The number of carbonyl (C=O) groups is 3. The van der Waals surface area contributed by atoms with Crippen molar-refractivity contribution in [1.82, 2.24) is 5.32 Å². The Labute approximate surface area is 138 Å². The van der Waals surface area contributed by atoms with Crippen LogP contribution in [0.25, 0.3) is 0 Å². The van der Waals surface area contributed by atoms with Crippen LogP contribution in [0, 0.1) is 0 Å². The number of rotatable bonds is 6. The van der Waals surface area contributed by atoms with Gasteiger partial charge in [0.2, 0.25) is 5.66 Å². The number of ether oxygens (including phenoxy) is 1. The summed E-state index contributed by atoms with van der Waals surface area (Å²) >= 11 is 0. The van der Waals surface area contributed by atoms with Gasteiger partial charge in [-0.05, 0) is 24.3 Å². The average Bonchev–Trinajstić information content (AvgIpc) is 2.61. The highest BCUT2D eigenvalue weighted by Gasteiger charge is 2.38. The molecule has 0 aliphatic carbocycles. The van der Waals surface area contributed by atoms with Crippen LogP contribution in [0.3, 0.4) is 0 Å². The Morgan fingerprint density at radius 3 is 1.96 bits per heavy atom.